The third-order valence-electron chi connectivity index (χ3n) is 5.66. The van der Waals surface area contributed by atoms with Gasteiger partial charge in [0.2, 0.25) is 0 Å². The molecule has 2 aliphatic rings. The van der Waals surface area contributed by atoms with E-state index in [0.717, 1.165) is 19.3 Å². The molecule has 0 saturated heterocycles. The minimum absolute atomic E-state index is 0.00723. The number of hydrogen-bond donors (Lipinski definition) is 1. The van der Waals surface area contributed by atoms with Crippen molar-refractivity contribution < 1.29 is 38.4 Å². The highest BCUT2D eigenvalue weighted by Gasteiger charge is 2.49. The van der Waals surface area contributed by atoms with Gasteiger partial charge in [-0.3, -0.25) is 0 Å². The van der Waals surface area contributed by atoms with Gasteiger partial charge in [-0.05, 0) is 57.8 Å². The molecule has 4 unspecified atom stereocenters. The van der Waals surface area contributed by atoms with Gasteiger partial charge in [0.05, 0.1) is 6.61 Å². The first-order valence-corrected chi connectivity index (χ1v) is 10.5. The molecular weight excluding hydrogens is 392 g/mol. The highest BCUT2D eigenvalue weighted by Crippen LogP contribution is 2.51. The van der Waals surface area contributed by atoms with Crippen LogP contribution in [0, 0.1) is 17.8 Å². The Kier molecular flexibility index (Phi) is 9.52. The standard InChI is InChI=1S/C22H32O8/c1-4-27-10-11-28-22(26)30-21(25)15(3)12-18-16-7-8-17(13-16)19(18)29-20(24)14(2)6-5-9-23/h12,16-19,23H,2,4-11,13H2,1,3H3. The normalized spacial score (nSPS) is 25.1. The molecule has 0 radical (unpaired) electrons. The second-order valence-electron chi connectivity index (χ2n) is 7.75. The number of fused-ring (bicyclic) bond motifs is 2. The Morgan fingerprint density at radius 3 is 2.57 bits per heavy atom. The average molecular weight is 424 g/mol. The first-order chi connectivity index (χ1) is 14.4. The zero-order valence-corrected chi connectivity index (χ0v) is 17.8. The van der Waals surface area contributed by atoms with Gasteiger partial charge in [0.1, 0.15) is 12.7 Å². The first kappa shape index (κ1) is 24.1. The van der Waals surface area contributed by atoms with Crippen LogP contribution in [0.1, 0.15) is 46.0 Å². The molecule has 0 amide bonds. The molecule has 1 N–H and O–H groups in total. The Bertz CT molecular complexity index is 668. The summed E-state index contributed by atoms with van der Waals surface area (Å²) in [5.41, 5.74) is 0.606. The molecule has 0 aromatic heterocycles. The smallest absolute Gasteiger partial charge is 0.458 e. The second kappa shape index (κ2) is 11.9. The molecule has 2 rings (SSSR count). The summed E-state index contributed by atoms with van der Waals surface area (Å²) in [5, 5.41) is 8.91. The molecule has 0 heterocycles. The number of aliphatic hydroxyl groups excluding tert-OH is 1. The van der Waals surface area contributed by atoms with E-state index in [9.17, 15) is 14.4 Å². The Morgan fingerprint density at radius 2 is 1.87 bits per heavy atom. The van der Waals surface area contributed by atoms with Gasteiger partial charge in [-0.2, -0.15) is 0 Å². The summed E-state index contributed by atoms with van der Waals surface area (Å²) in [6, 6.07) is 0. The van der Waals surface area contributed by atoms with Crippen LogP contribution in [-0.2, 0) is 28.5 Å². The Morgan fingerprint density at radius 1 is 1.13 bits per heavy atom. The fourth-order valence-electron chi connectivity index (χ4n) is 4.16. The summed E-state index contributed by atoms with van der Waals surface area (Å²) >= 11 is 0. The van der Waals surface area contributed by atoms with E-state index in [1.54, 1.807) is 13.0 Å². The van der Waals surface area contributed by atoms with E-state index in [1.807, 2.05) is 6.92 Å². The number of rotatable bonds is 11. The SMILES string of the molecule is C=C(CCCO)C(=O)OC1C2CCC(C2)C1C=C(C)C(=O)OC(=O)OCCOCC. The summed E-state index contributed by atoms with van der Waals surface area (Å²) in [6.07, 6.45) is 4.11. The Balaban J connectivity index is 1.93. The molecule has 0 aliphatic heterocycles. The molecule has 168 valence electrons. The summed E-state index contributed by atoms with van der Waals surface area (Å²) in [7, 11) is 0. The van der Waals surface area contributed by atoms with Crippen LogP contribution in [-0.4, -0.2) is 55.7 Å². The summed E-state index contributed by atoms with van der Waals surface area (Å²) < 4.78 is 20.3. The number of carbonyl (C=O) groups is 3. The molecular formula is C22H32O8. The van der Waals surface area contributed by atoms with Gasteiger partial charge < -0.3 is 24.1 Å². The van der Waals surface area contributed by atoms with E-state index in [0.29, 0.717) is 30.9 Å². The zero-order valence-electron chi connectivity index (χ0n) is 17.8. The molecule has 2 bridgehead atoms. The fraction of sp³-hybridized carbons (Fsp3) is 0.682. The van der Waals surface area contributed by atoms with Crippen LogP contribution in [0.25, 0.3) is 0 Å². The Labute approximate surface area is 177 Å². The van der Waals surface area contributed by atoms with Crippen molar-refractivity contribution in [1.82, 2.24) is 0 Å². The van der Waals surface area contributed by atoms with E-state index >= 15 is 0 Å². The Hall–Kier alpha value is -2.19. The topological polar surface area (TPSA) is 108 Å². The minimum atomic E-state index is -1.07. The maximum Gasteiger partial charge on any atom is 0.516 e. The van der Waals surface area contributed by atoms with Crippen LogP contribution in [0.3, 0.4) is 0 Å². The molecule has 8 nitrogen and oxygen atoms in total. The second-order valence-corrected chi connectivity index (χ2v) is 7.75. The van der Waals surface area contributed by atoms with Crippen molar-refractivity contribution in [1.29, 1.82) is 0 Å². The molecule has 0 aromatic rings. The number of esters is 2. The van der Waals surface area contributed by atoms with Crippen molar-refractivity contribution in [3.63, 3.8) is 0 Å². The third-order valence-corrected chi connectivity index (χ3v) is 5.66. The van der Waals surface area contributed by atoms with Crippen LogP contribution in [0.15, 0.2) is 23.8 Å². The van der Waals surface area contributed by atoms with Gasteiger partial charge in [0.25, 0.3) is 0 Å². The molecule has 2 saturated carbocycles. The highest BCUT2D eigenvalue weighted by atomic mass is 16.7. The monoisotopic (exact) mass is 424 g/mol. The molecule has 2 aliphatic carbocycles. The van der Waals surface area contributed by atoms with Crippen molar-refractivity contribution in [2.75, 3.05) is 26.4 Å². The first-order valence-electron chi connectivity index (χ1n) is 10.5. The van der Waals surface area contributed by atoms with Crippen LogP contribution in [0.5, 0.6) is 0 Å². The van der Waals surface area contributed by atoms with Crippen LogP contribution in [0.4, 0.5) is 4.79 Å². The number of ether oxygens (including phenoxy) is 4. The van der Waals surface area contributed by atoms with E-state index in [2.05, 4.69) is 6.58 Å². The number of carbonyl (C=O) groups excluding carboxylic acids is 3. The molecule has 0 aromatic carbocycles. The summed E-state index contributed by atoms with van der Waals surface area (Å²) in [6.45, 7) is 7.86. The van der Waals surface area contributed by atoms with E-state index in [1.165, 1.54) is 0 Å². The predicted molar refractivity (Wildman–Crippen MR) is 107 cm³/mol. The molecule has 30 heavy (non-hydrogen) atoms. The van der Waals surface area contributed by atoms with Gasteiger partial charge in [-0.25, -0.2) is 14.4 Å². The van der Waals surface area contributed by atoms with Crippen molar-refractivity contribution in [3.8, 4) is 0 Å². The van der Waals surface area contributed by atoms with E-state index in [4.69, 9.17) is 24.1 Å². The molecule has 4 atom stereocenters. The summed E-state index contributed by atoms with van der Waals surface area (Å²) in [5.74, 6) is -0.786. The molecule has 2 fully saturated rings. The van der Waals surface area contributed by atoms with Gasteiger partial charge >= 0.3 is 18.1 Å². The lowest BCUT2D eigenvalue weighted by Gasteiger charge is -2.29. The fourth-order valence-corrected chi connectivity index (χ4v) is 4.16. The number of hydrogen-bond acceptors (Lipinski definition) is 8. The third kappa shape index (κ3) is 6.67. The van der Waals surface area contributed by atoms with E-state index < -0.39 is 18.1 Å². The van der Waals surface area contributed by atoms with Crippen molar-refractivity contribution >= 4 is 18.1 Å². The lowest BCUT2D eigenvalue weighted by atomic mass is 9.85. The predicted octanol–water partition coefficient (Wildman–Crippen LogP) is 2.94. The molecule has 8 heteroatoms. The van der Waals surface area contributed by atoms with Crippen LogP contribution in [0.2, 0.25) is 0 Å². The van der Waals surface area contributed by atoms with Crippen molar-refractivity contribution in [3.05, 3.63) is 23.8 Å². The average Bonchev–Trinajstić information content (AvgIpc) is 3.32. The van der Waals surface area contributed by atoms with Crippen molar-refractivity contribution in [2.24, 2.45) is 17.8 Å². The molecule has 0 spiro atoms. The van der Waals surface area contributed by atoms with Gasteiger partial charge in [-0.15, -0.1) is 0 Å². The van der Waals surface area contributed by atoms with Crippen LogP contribution < -0.4 is 0 Å². The summed E-state index contributed by atoms with van der Waals surface area (Å²) in [4.78, 5) is 36.2. The van der Waals surface area contributed by atoms with Crippen molar-refractivity contribution in [2.45, 2.75) is 52.1 Å². The lowest BCUT2D eigenvalue weighted by Crippen LogP contribution is -2.32. The van der Waals surface area contributed by atoms with E-state index in [-0.39, 0.29) is 43.3 Å². The van der Waals surface area contributed by atoms with Gasteiger partial charge in [0.15, 0.2) is 0 Å². The van der Waals surface area contributed by atoms with Gasteiger partial charge in [0, 0.05) is 30.3 Å². The number of aliphatic hydroxyl groups is 1. The zero-order chi connectivity index (χ0) is 22.1. The highest BCUT2D eigenvalue weighted by molar-refractivity contribution is 5.94. The lowest BCUT2D eigenvalue weighted by molar-refractivity contribution is -0.148. The minimum Gasteiger partial charge on any atom is -0.458 e. The maximum atomic E-state index is 12.4. The quantitative estimate of drug-likeness (QED) is 0.233. The largest absolute Gasteiger partial charge is 0.516 e. The van der Waals surface area contributed by atoms with Crippen LogP contribution >= 0.6 is 0 Å². The maximum absolute atomic E-state index is 12.4. The van der Waals surface area contributed by atoms with Gasteiger partial charge in [-0.1, -0.05) is 12.7 Å².